The normalized spacial score (nSPS) is 13.2. The number of rotatable bonds is 5. The molecule has 0 saturated carbocycles. The van der Waals surface area contributed by atoms with E-state index >= 15 is 0 Å². The minimum absolute atomic E-state index is 0.0791. The highest BCUT2D eigenvalue weighted by atomic mass is 32.1. The molecular weight excluding hydrogens is 394 g/mol. The summed E-state index contributed by atoms with van der Waals surface area (Å²) in [5.41, 5.74) is 3.73. The zero-order chi connectivity index (χ0) is 19.7. The largest absolute Gasteiger partial charge is 0.298 e. The van der Waals surface area contributed by atoms with Crippen molar-refractivity contribution in [3.63, 3.8) is 0 Å². The van der Waals surface area contributed by atoms with E-state index in [2.05, 4.69) is 10.3 Å². The zero-order valence-corrected chi connectivity index (χ0v) is 17.0. The van der Waals surface area contributed by atoms with Gasteiger partial charge in [0.25, 0.3) is 11.6 Å². The third kappa shape index (κ3) is 3.83. The monoisotopic (exact) mass is 413 g/mol. The number of thiophene rings is 1. The first-order valence-corrected chi connectivity index (χ1v) is 10.8. The predicted molar refractivity (Wildman–Crippen MR) is 112 cm³/mol. The number of benzene rings is 1. The molecule has 0 fully saturated rings. The minimum Gasteiger partial charge on any atom is -0.298 e. The number of aromatic nitrogens is 1. The summed E-state index contributed by atoms with van der Waals surface area (Å²) in [5.74, 6) is -0.102. The van der Waals surface area contributed by atoms with Crippen LogP contribution in [-0.4, -0.2) is 15.8 Å². The summed E-state index contributed by atoms with van der Waals surface area (Å²) in [6.07, 6.45) is 4.91. The molecule has 1 aromatic carbocycles. The Morgan fingerprint density at radius 2 is 2.14 bits per heavy atom. The Morgan fingerprint density at radius 3 is 2.96 bits per heavy atom. The maximum absolute atomic E-state index is 12.7. The van der Waals surface area contributed by atoms with Crippen LogP contribution in [0.3, 0.4) is 0 Å². The van der Waals surface area contributed by atoms with Crippen LogP contribution in [-0.2, 0) is 19.3 Å². The van der Waals surface area contributed by atoms with E-state index in [1.807, 2.05) is 18.4 Å². The van der Waals surface area contributed by atoms with E-state index < -0.39 is 4.92 Å². The number of carbonyl (C=O) groups excluding carboxylic acids is 1. The number of nitrogens with zero attached hydrogens (tertiary/aromatic N) is 2. The molecule has 0 bridgehead atoms. The number of carbonyl (C=O) groups is 1. The SMILES string of the molecule is Cc1nc(NC(=O)c2csc3c2CCCC3)sc1Cc1cccc([N+](=O)[O-])c1. The van der Waals surface area contributed by atoms with E-state index in [1.165, 1.54) is 34.3 Å². The average Bonchev–Trinajstić information content (AvgIpc) is 3.25. The Balaban J connectivity index is 1.50. The van der Waals surface area contributed by atoms with Crippen LogP contribution >= 0.6 is 22.7 Å². The van der Waals surface area contributed by atoms with Gasteiger partial charge < -0.3 is 0 Å². The van der Waals surface area contributed by atoms with E-state index in [0.29, 0.717) is 11.6 Å². The molecule has 2 aromatic heterocycles. The first-order chi connectivity index (χ1) is 13.5. The molecule has 3 aromatic rings. The van der Waals surface area contributed by atoms with Crippen LogP contribution in [0.5, 0.6) is 0 Å². The first kappa shape index (κ1) is 18.8. The molecule has 1 aliphatic carbocycles. The van der Waals surface area contributed by atoms with Gasteiger partial charge in [0.15, 0.2) is 5.13 Å². The number of amides is 1. The number of aryl methyl sites for hydroxylation is 2. The second-order valence-electron chi connectivity index (χ2n) is 6.84. The number of hydrogen-bond acceptors (Lipinski definition) is 6. The molecule has 0 spiro atoms. The predicted octanol–water partition coefficient (Wildman–Crippen LogP) is 5.14. The van der Waals surface area contributed by atoms with Gasteiger partial charge in [0.05, 0.1) is 16.2 Å². The van der Waals surface area contributed by atoms with Gasteiger partial charge in [-0.25, -0.2) is 4.98 Å². The van der Waals surface area contributed by atoms with Crippen molar-refractivity contribution in [1.82, 2.24) is 4.98 Å². The Labute approximate surface area is 170 Å². The summed E-state index contributed by atoms with van der Waals surface area (Å²) >= 11 is 3.09. The van der Waals surface area contributed by atoms with Gasteiger partial charge in [0.2, 0.25) is 0 Å². The molecule has 1 amide bonds. The van der Waals surface area contributed by atoms with E-state index in [4.69, 9.17) is 0 Å². The van der Waals surface area contributed by atoms with Crippen LogP contribution in [0.25, 0.3) is 0 Å². The van der Waals surface area contributed by atoms with Crippen LogP contribution < -0.4 is 5.32 Å². The molecule has 0 radical (unpaired) electrons. The van der Waals surface area contributed by atoms with Crippen LogP contribution in [0.1, 0.15) is 49.8 Å². The Morgan fingerprint density at radius 1 is 1.32 bits per heavy atom. The van der Waals surface area contributed by atoms with Gasteiger partial charge in [0, 0.05) is 33.7 Å². The van der Waals surface area contributed by atoms with Crippen molar-refractivity contribution in [2.24, 2.45) is 0 Å². The highest BCUT2D eigenvalue weighted by molar-refractivity contribution is 7.16. The van der Waals surface area contributed by atoms with Crippen LogP contribution in [0.15, 0.2) is 29.6 Å². The number of nitro benzene ring substituents is 1. The fourth-order valence-corrected chi connectivity index (χ4v) is 5.58. The van der Waals surface area contributed by atoms with Crippen molar-refractivity contribution in [3.05, 3.63) is 71.9 Å². The Kier molecular flexibility index (Phi) is 5.23. The number of thiazole rings is 1. The third-order valence-corrected chi connectivity index (χ3v) is 7.07. The number of hydrogen-bond donors (Lipinski definition) is 1. The highest BCUT2D eigenvalue weighted by Crippen LogP contribution is 2.32. The zero-order valence-electron chi connectivity index (χ0n) is 15.4. The number of nitro groups is 1. The summed E-state index contributed by atoms with van der Waals surface area (Å²) in [6, 6.07) is 6.61. The fraction of sp³-hybridized carbons (Fsp3) is 0.300. The van der Waals surface area contributed by atoms with Crippen LogP contribution in [0.2, 0.25) is 0 Å². The molecule has 0 atom stereocenters. The smallest absolute Gasteiger partial charge is 0.269 e. The highest BCUT2D eigenvalue weighted by Gasteiger charge is 2.21. The van der Waals surface area contributed by atoms with Crippen LogP contribution in [0, 0.1) is 17.0 Å². The van der Waals surface area contributed by atoms with Gasteiger partial charge in [-0.2, -0.15) is 0 Å². The van der Waals surface area contributed by atoms with Crippen molar-refractivity contribution >= 4 is 39.4 Å². The first-order valence-electron chi connectivity index (χ1n) is 9.11. The van der Waals surface area contributed by atoms with Gasteiger partial charge in [-0.15, -0.1) is 22.7 Å². The molecule has 28 heavy (non-hydrogen) atoms. The molecular formula is C20H19N3O3S2. The van der Waals surface area contributed by atoms with Gasteiger partial charge in [0.1, 0.15) is 0 Å². The molecule has 0 aliphatic heterocycles. The molecule has 0 saturated heterocycles. The third-order valence-electron chi connectivity index (χ3n) is 4.91. The molecule has 4 rings (SSSR count). The minimum atomic E-state index is -0.393. The van der Waals surface area contributed by atoms with Crippen molar-refractivity contribution in [2.45, 2.75) is 39.0 Å². The summed E-state index contributed by atoms with van der Waals surface area (Å²) < 4.78 is 0. The van der Waals surface area contributed by atoms with E-state index in [1.54, 1.807) is 23.5 Å². The molecule has 6 nitrogen and oxygen atoms in total. The summed E-state index contributed by atoms with van der Waals surface area (Å²) in [4.78, 5) is 30.1. The Hall–Kier alpha value is -2.58. The lowest BCUT2D eigenvalue weighted by atomic mass is 9.96. The van der Waals surface area contributed by atoms with E-state index in [0.717, 1.165) is 41.0 Å². The van der Waals surface area contributed by atoms with Crippen molar-refractivity contribution in [2.75, 3.05) is 5.32 Å². The fourth-order valence-electron chi connectivity index (χ4n) is 3.46. The molecule has 8 heteroatoms. The topological polar surface area (TPSA) is 85.1 Å². The number of fused-ring (bicyclic) bond motifs is 1. The molecule has 2 heterocycles. The van der Waals surface area contributed by atoms with Gasteiger partial charge in [-0.05, 0) is 43.7 Å². The summed E-state index contributed by atoms with van der Waals surface area (Å²) in [7, 11) is 0. The lowest BCUT2D eigenvalue weighted by Gasteiger charge is -2.12. The maximum Gasteiger partial charge on any atom is 0.269 e. The quantitative estimate of drug-likeness (QED) is 0.463. The average molecular weight is 414 g/mol. The second-order valence-corrected chi connectivity index (χ2v) is 8.89. The lowest BCUT2D eigenvalue weighted by molar-refractivity contribution is -0.384. The molecule has 1 N–H and O–H groups in total. The van der Waals surface area contributed by atoms with E-state index in [9.17, 15) is 14.9 Å². The van der Waals surface area contributed by atoms with E-state index in [-0.39, 0.29) is 11.6 Å². The van der Waals surface area contributed by atoms with Crippen molar-refractivity contribution < 1.29 is 9.72 Å². The standard InChI is InChI=1S/C20H19N3O3S2/c1-12-18(10-13-5-4-6-14(9-13)23(25)26)28-20(21-12)22-19(24)16-11-27-17-8-3-2-7-15(16)17/h4-6,9,11H,2-3,7-8,10H2,1H3,(H,21,22,24). The molecule has 0 unspecified atom stereocenters. The second kappa shape index (κ2) is 7.81. The van der Waals surface area contributed by atoms with Crippen molar-refractivity contribution in [1.29, 1.82) is 0 Å². The molecule has 1 aliphatic rings. The Bertz CT molecular complexity index is 1050. The summed E-state index contributed by atoms with van der Waals surface area (Å²) in [5, 5.41) is 16.4. The van der Waals surface area contributed by atoms with Crippen molar-refractivity contribution in [3.8, 4) is 0 Å². The number of non-ortho nitro benzene ring substituents is 1. The maximum atomic E-state index is 12.7. The lowest BCUT2D eigenvalue weighted by Crippen LogP contribution is -2.14. The van der Waals surface area contributed by atoms with Gasteiger partial charge in [-0.1, -0.05) is 12.1 Å². The van der Waals surface area contributed by atoms with Gasteiger partial charge >= 0.3 is 0 Å². The van der Waals surface area contributed by atoms with Gasteiger partial charge in [-0.3, -0.25) is 20.2 Å². The summed E-state index contributed by atoms with van der Waals surface area (Å²) in [6.45, 7) is 1.89. The molecule has 144 valence electrons. The van der Waals surface area contributed by atoms with Crippen LogP contribution in [0.4, 0.5) is 10.8 Å². The number of anilines is 1. The number of nitrogens with one attached hydrogen (secondary N) is 1.